The zero-order valence-corrected chi connectivity index (χ0v) is 18.2. The van der Waals surface area contributed by atoms with Crippen molar-refractivity contribution >= 4 is 11.0 Å². The van der Waals surface area contributed by atoms with E-state index in [0.29, 0.717) is 12.1 Å². The fraction of sp³-hybridized carbons (Fsp3) is 0.400. The summed E-state index contributed by atoms with van der Waals surface area (Å²) in [7, 11) is 1.68. The van der Waals surface area contributed by atoms with Gasteiger partial charge in [-0.1, -0.05) is 31.2 Å². The van der Waals surface area contributed by atoms with Crippen LogP contribution in [-0.4, -0.2) is 44.9 Å². The highest BCUT2D eigenvalue weighted by molar-refractivity contribution is 5.80. The lowest BCUT2D eigenvalue weighted by molar-refractivity contribution is 0.0161. The summed E-state index contributed by atoms with van der Waals surface area (Å²) < 4.78 is 16.3. The van der Waals surface area contributed by atoms with Crippen molar-refractivity contribution < 1.29 is 13.9 Å². The summed E-state index contributed by atoms with van der Waals surface area (Å²) in [4.78, 5) is 14.5. The van der Waals surface area contributed by atoms with Crippen LogP contribution in [0.1, 0.15) is 29.7 Å². The van der Waals surface area contributed by atoms with Crippen molar-refractivity contribution in [3.05, 3.63) is 75.6 Å². The highest BCUT2D eigenvalue weighted by atomic mass is 16.5. The number of rotatable bonds is 8. The largest absolute Gasteiger partial charge is 0.497 e. The van der Waals surface area contributed by atoms with Gasteiger partial charge in [0.2, 0.25) is 0 Å². The molecule has 31 heavy (non-hydrogen) atoms. The molecule has 6 heteroatoms. The molecular formula is C25H30N2O4. The Morgan fingerprint density at radius 1 is 1.10 bits per heavy atom. The van der Waals surface area contributed by atoms with E-state index in [4.69, 9.17) is 13.9 Å². The number of nitrogens with zero attached hydrogens (tertiary/aromatic N) is 1. The maximum absolute atomic E-state index is 12.1. The van der Waals surface area contributed by atoms with Gasteiger partial charge in [-0.2, -0.15) is 0 Å². The molecule has 1 fully saturated rings. The molecule has 6 nitrogen and oxygen atoms in total. The third-order valence-electron chi connectivity index (χ3n) is 5.94. The minimum atomic E-state index is -0.308. The number of benzene rings is 2. The molecule has 0 radical (unpaired) electrons. The monoisotopic (exact) mass is 422 g/mol. The number of hydrogen-bond acceptors (Lipinski definition) is 6. The van der Waals surface area contributed by atoms with Gasteiger partial charge < -0.3 is 19.2 Å². The summed E-state index contributed by atoms with van der Waals surface area (Å²) >= 11 is 0. The van der Waals surface area contributed by atoms with Crippen molar-refractivity contribution in [3.63, 3.8) is 0 Å². The zero-order valence-electron chi connectivity index (χ0n) is 18.2. The van der Waals surface area contributed by atoms with E-state index in [-0.39, 0.29) is 11.7 Å². The van der Waals surface area contributed by atoms with E-state index >= 15 is 0 Å². The molecule has 1 atom stereocenters. The summed E-state index contributed by atoms with van der Waals surface area (Å²) in [6.07, 6.45) is 0.908. The maximum atomic E-state index is 12.1. The van der Waals surface area contributed by atoms with Crippen molar-refractivity contribution in [1.82, 2.24) is 10.2 Å². The Hall–Kier alpha value is -2.67. The Labute approximate surface area is 182 Å². The van der Waals surface area contributed by atoms with Crippen LogP contribution in [0.5, 0.6) is 5.75 Å². The third kappa shape index (κ3) is 5.15. The average Bonchev–Trinajstić information content (AvgIpc) is 2.82. The molecule has 2 aromatic carbocycles. The molecular weight excluding hydrogens is 392 g/mol. The van der Waals surface area contributed by atoms with Crippen LogP contribution in [0, 0.1) is 0 Å². The molecule has 3 aromatic rings. The summed E-state index contributed by atoms with van der Waals surface area (Å²) in [6, 6.07) is 16.2. The molecule has 0 saturated carbocycles. The van der Waals surface area contributed by atoms with E-state index in [1.165, 1.54) is 5.56 Å². The molecule has 4 rings (SSSR count). The standard InChI is InChI=1S/C25H30N2O4/c1-3-18-4-9-22-20(15-25(28)31-24(22)14-18)16-26-17-23(27-10-12-30-13-11-27)19-5-7-21(29-2)8-6-19/h4-9,14-15,23,26H,3,10-13,16-17H2,1-2H3/t23-/m0/s1. The van der Waals surface area contributed by atoms with Crippen LogP contribution in [-0.2, 0) is 17.7 Å². The first-order valence-electron chi connectivity index (χ1n) is 10.9. The molecule has 1 aliphatic rings. The molecule has 0 amide bonds. The van der Waals surface area contributed by atoms with Gasteiger partial charge in [0.1, 0.15) is 11.3 Å². The normalized spacial score (nSPS) is 15.8. The Bertz CT molecular complexity index is 1060. The van der Waals surface area contributed by atoms with E-state index in [2.05, 4.69) is 41.4 Å². The Morgan fingerprint density at radius 3 is 2.58 bits per heavy atom. The van der Waals surface area contributed by atoms with Gasteiger partial charge in [0, 0.05) is 43.7 Å². The van der Waals surface area contributed by atoms with Crippen molar-refractivity contribution in [3.8, 4) is 5.75 Å². The molecule has 0 unspecified atom stereocenters. The molecule has 1 aromatic heterocycles. The predicted octanol–water partition coefficient (Wildman–Crippen LogP) is 3.53. The molecule has 1 saturated heterocycles. The van der Waals surface area contributed by atoms with Gasteiger partial charge in [0.15, 0.2) is 0 Å². The molecule has 1 N–H and O–H groups in total. The minimum absolute atomic E-state index is 0.216. The highest BCUT2D eigenvalue weighted by Gasteiger charge is 2.22. The molecule has 164 valence electrons. The first-order valence-corrected chi connectivity index (χ1v) is 10.9. The lowest BCUT2D eigenvalue weighted by Crippen LogP contribution is -2.42. The van der Waals surface area contributed by atoms with Crippen LogP contribution in [0.3, 0.4) is 0 Å². The number of methoxy groups -OCH3 is 1. The van der Waals surface area contributed by atoms with Crippen LogP contribution in [0.25, 0.3) is 11.0 Å². The van der Waals surface area contributed by atoms with E-state index in [1.54, 1.807) is 13.2 Å². The van der Waals surface area contributed by atoms with Crippen LogP contribution in [0.15, 0.2) is 57.7 Å². The van der Waals surface area contributed by atoms with Crippen molar-refractivity contribution in [2.45, 2.75) is 25.9 Å². The van der Waals surface area contributed by atoms with E-state index in [1.807, 2.05) is 18.2 Å². The second kappa shape index (κ2) is 10.1. The van der Waals surface area contributed by atoms with Gasteiger partial charge in [-0.05, 0) is 41.3 Å². The van der Waals surface area contributed by atoms with Crippen LogP contribution in [0.4, 0.5) is 0 Å². The highest BCUT2D eigenvalue weighted by Crippen LogP contribution is 2.24. The minimum Gasteiger partial charge on any atom is -0.497 e. The maximum Gasteiger partial charge on any atom is 0.336 e. The topological polar surface area (TPSA) is 63.9 Å². The number of ether oxygens (including phenoxy) is 2. The van der Waals surface area contributed by atoms with Gasteiger partial charge in [-0.25, -0.2) is 4.79 Å². The van der Waals surface area contributed by atoms with Gasteiger partial charge >= 0.3 is 5.63 Å². The van der Waals surface area contributed by atoms with Gasteiger partial charge in [-0.15, -0.1) is 0 Å². The predicted molar refractivity (Wildman–Crippen MR) is 122 cm³/mol. The number of fused-ring (bicyclic) bond motifs is 1. The van der Waals surface area contributed by atoms with Crippen molar-refractivity contribution in [2.75, 3.05) is 40.0 Å². The lowest BCUT2D eigenvalue weighted by Gasteiger charge is -2.35. The Kier molecular flexibility index (Phi) is 7.02. The van der Waals surface area contributed by atoms with Crippen molar-refractivity contribution in [1.29, 1.82) is 0 Å². The molecule has 1 aliphatic heterocycles. The Morgan fingerprint density at radius 2 is 1.87 bits per heavy atom. The van der Waals surface area contributed by atoms with Gasteiger partial charge in [0.25, 0.3) is 0 Å². The fourth-order valence-electron chi connectivity index (χ4n) is 4.16. The van der Waals surface area contributed by atoms with Crippen LogP contribution < -0.4 is 15.7 Å². The summed E-state index contributed by atoms with van der Waals surface area (Å²) in [6.45, 7) is 6.75. The number of morpholine rings is 1. The first-order chi connectivity index (χ1) is 15.2. The number of aryl methyl sites for hydroxylation is 1. The Balaban J connectivity index is 1.52. The van der Waals surface area contributed by atoms with Gasteiger partial charge in [-0.3, -0.25) is 4.90 Å². The van der Waals surface area contributed by atoms with E-state index < -0.39 is 0 Å². The molecule has 0 spiro atoms. The van der Waals surface area contributed by atoms with Crippen LogP contribution >= 0.6 is 0 Å². The molecule has 0 bridgehead atoms. The summed E-state index contributed by atoms with van der Waals surface area (Å²) in [5, 5.41) is 4.56. The lowest BCUT2D eigenvalue weighted by atomic mass is 10.0. The van der Waals surface area contributed by atoms with Gasteiger partial charge in [0.05, 0.1) is 20.3 Å². The molecule has 0 aliphatic carbocycles. The SMILES string of the molecule is CCc1ccc2c(CNC[C@@H](c3ccc(OC)cc3)N3CCOCC3)cc(=O)oc2c1. The van der Waals surface area contributed by atoms with E-state index in [9.17, 15) is 4.79 Å². The van der Waals surface area contributed by atoms with Crippen molar-refractivity contribution in [2.24, 2.45) is 0 Å². The fourth-order valence-corrected chi connectivity index (χ4v) is 4.16. The second-order valence-corrected chi connectivity index (χ2v) is 7.84. The smallest absolute Gasteiger partial charge is 0.336 e. The third-order valence-corrected chi connectivity index (χ3v) is 5.94. The second-order valence-electron chi connectivity index (χ2n) is 7.84. The number of nitrogens with one attached hydrogen (secondary N) is 1. The zero-order chi connectivity index (χ0) is 21.6. The average molecular weight is 423 g/mol. The quantitative estimate of drug-likeness (QED) is 0.561. The molecule has 2 heterocycles. The van der Waals surface area contributed by atoms with E-state index in [0.717, 1.165) is 61.5 Å². The number of hydrogen-bond donors (Lipinski definition) is 1. The van der Waals surface area contributed by atoms with Crippen LogP contribution in [0.2, 0.25) is 0 Å². The first kappa shape index (κ1) is 21.6. The summed E-state index contributed by atoms with van der Waals surface area (Å²) in [5.74, 6) is 0.853. The summed E-state index contributed by atoms with van der Waals surface area (Å²) in [5.41, 5.74) is 3.71.